The molecule has 0 heterocycles. The average molecular weight is 216 g/mol. The van der Waals surface area contributed by atoms with Gasteiger partial charge in [0, 0.05) is 6.07 Å². The Morgan fingerprint density at radius 2 is 2.21 bits per heavy atom. The number of ether oxygens (including phenoxy) is 1. The van der Waals surface area contributed by atoms with Crippen LogP contribution in [0.4, 0.5) is 5.69 Å². The Labute approximate surface area is 86.6 Å². The molecule has 5 heteroatoms. The first kappa shape index (κ1) is 10.8. The van der Waals surface area contributed by atoms with Crippen LogP contribution in [0.15, 0.2) is 12.1 Å². The van der Waals surface area contributed by atoms with Gasteiger partial charge in [0.2, 0.25) is 5.75 Å². The summed E-state index contributed by atoms with van der Waals surface area (Å²) in [5, 5.41) is 10.9. The predicted octanol–water partition coefficient (Wildman–Crippen LogP) is 2.96. The molecular weight excluding hydrogens is 206 g/mol. The lowest BCUT2D eigenvalue weighted by Gasteiger charge is -2.07. The fourth-order valence-electron chi connectivity index (χ4n) is 1.07. The molecule has 0 radical (unpaired) electrons. The predicted molar refractivity (Wildman–Crippen MR) is 54.0 cm³/mol. The van der Waals surface area contributed by atoms with Gasteiger partial charge in [-0.25, -0.2) is 0 Å². The topological polar surface area (TPSA) is 52.4 Å². The fraction of sp³-hybridized carbons (Fsp3) is 0.333. The van der Waals surface area contributed by atoms with E-state index in [0.29, 0.717) is 11.6 Å². The smallest absolute Gasteiger partial charge is 0.312 e. The van der Waals surface area contributed by atoms with Gasteiger partial charge in [-0.3, -0.25) is 10.1 Å². The van der Waals surface area contributed by atoms with Crippen molar-refractivity contribution in [2.24, 2.45) is 0 Å². The van der Waals surface area contributed by atoms with Crippen LogP contribution >= 0.6 is 11.6 Å². The van der Waals surface area contributed by atoms with Gasteiger partial charge in [-0.2, -0.15) is 0 Å². The zero-order valence-corrected chi connectivity index (χ0v) is 8.67. The second-order valence-corrected chi connectivity index (χ2v) is 3.11. The summed E-state index contributed by atoms with van der Waals surface area (Å²) >= 11 is 5.89. The zero-order chi connectivity index (χ0) is 10.7. The Kier molecular flexibility index (Phi) is 3.30. The van der Waals surface area contributed by atoms with Crippen molar-refractivity contribution < 1.29 is 9.66 Å². The van der Waals surface area contributed by atoms with E-state index in [-0.39, 0.29) is 11.4 Å². The van der Waals surface area contributed by atoms with Crippen LogP contribution in [-0.2, 0) is 0 Å². The van der Waals surface area contributed by atoms with Gasteiger partial charge in [-0.15, -0.1) is 0 Å². The number of aryl methyl sites for hydroxylation is 1. The van der Waals surface area contributed by atoms with Gasteiger partial charge >= 0.3 is 5.69 Å². The van der Waals surface area contributed by atoms with Crippen LogP contribution in [0.25, 0.3) is 0 Å². The number of hydrogen-bond donors (Lipinski definition) is 0. The number of nitro benzene ring substituents is 1. The standard InChI is InChI=1S/C9H10ClNO3/c1-3-14-9-7(11(12)13)5-4-6(2)8(9)10/h4-5H,3H2,1-2H3. The maximum absolute atomic E-state index is 10.6. The first-order chi connectivity index (χ1) is 6.57. The molecule has 1 aromatic rings. The highest BCUT2D eigenvalue weighted by molar-refractivity contribution is 6.33. The zero-order valence-electron chi connectivity index (χ0n) is 7.91. The minimum Gasteiger partial charge on any atom is -0.486 e. The minimum atomic E-state index is -0.504. The van der Waals surface area contributed by atoms with E-state index < -0.39 is 4.92 Å². The molecule has 1 rings (SSSR count). The highest BCUT2D eigenvalue weighted by Gasteiger charge is 2.19. The average Bonchev–Trinajstić information content (AvgIpc) is 2.13. The molecule has 0 fully saturated rings. The maximum Gasteiger partial charge on any atom is 0.312 e. The lowest BCUT2D eigenvalue weighted by molar-refractivity contribution is -0.385. The third-order valence-corrected chi connectivity index (χ3v) is 2.22. The summed E-state index contributed by atoms with van der Waals surface area (Å²) in [5.74, 6) is 0.152. The van der Waals surface area contributed by atoms with E-state index >= 15 is 0 Å². The van der Waals surface area contributed by atoms with Crippen molar-refractivity contribution >= 4 is 17.3 Å². The van der Waals surface area contributed by atoms with Crippen molar-refractivity contribution in [3.63, 3.8) is 0 Å². The minimum absolute atomic E-state index is 0.0950. The van der Waals surface area contributed by atoms with Crippen molar-refractivity contribution in [3.05, 3.63) is 32.8 Å². The van der Waals surface area contributed by atoms with E-state index in [2.05, 4.69) is 0 Å². The van der Waals surface area contributed by atoms with Gasteiger partial charge < -0.3 is 4.74 Å². The summed E-state index contributed by atoms with van der Waals surface area (Å²) in [4.78, 5) is 10.1. The quantitative estimate of drug-likeness (QED) is 0.575. The highest BCUT2D eigenvalue weighted by atomic mass is 35.5. The summed E-state index contributed by atoms with van der Waals surface area (Å²) in [6, 6.07) is 3.00. The Morgan fingerprint density at radius 3 is 2.71 bits per heavy atom. The molecule has 76 valence electrons. The Bertz CT molecular complexity index is 365. The van der Waals surface area contributed by atoms with Crippen molar-refractivity contribution in [2.45, 2.75) is 13.8 Å². The van der Waals surface area contributed by atoms with Gasteiger partial charge in [0.25, 0.3) is 0 Å². The van der Waals surface area contributed by atoms with Crippen molar-refractivity contribution in [1.29, 1.82) is 0 Å². The summed E-state index contributed by atoms with van der Waals surface area (Å²) in [6.45, 7) is 3.88. The Hall–Kier alpha value is -1.29. The van der Waals surface area contributed by atoms with Crippen LogP contribution in [-0.4, -0.2) is 11.5 Å². The van der Waals surface area contributed by atoms with E-state index in [1.165, 1.54) is 6.07 Å². The van der Waals surface area contributed by atoms with E-state index in [4.69, 9.17) is 16.3 Å². The van der Waals surface area contributed by atoms with Gasteiger partial charge in [0.15, 0.2) is 0 Å². The van der Waals surface area contributed by atoms with Crippen LogP contribution < -0.4 is 4.74 Å². The van der Waals surface area contributed by atoms with Crippen molar-refractivity contribution in [3.8, 4) is 5.75 Å². The SMILES string of the molecule is CCOc1c([N+](=O)[O-])ccc(C)c1Cl. The summed E-state index contributed by atoms with van der Waals surface area (Å²) < 4.78 is 5.14. The molecule has 0 bridgehead atoms. The third-order valence-electron chi connectivity index (χ3n) is 1.75. The van der Waals surface area contributed by atoms with Gasteiger partial charge in [0.05, 0.1) is 16.6 Å². The van der Waals surface area contributed by atoms with Crippen molar-refractivity contribution in [2.75, 3.05) is 6.61 Å². The van der Waals surface area contributed by atoms with Gasteiger partial charge in [0.1, 0.15) is 0 Å². The number of nitrogens with zero attached hydrogens (tertiary/aromatic N) is 1. The number of rotatable bonds is 3. The van der Waals surface area contributed by atoms with E-state index in [0.717, 1.165) is 5.56 Å². The van der Waals surface area contributed by atoms with E-state index in [9.17, 15) is 10.1 Å². The van der Waals surface area contributed by atoms with Crippen molar-refractivity contribution in [1.82, 2.24) is 0 Å². The van der Waals surface area contributed by atoms with Crippen LogP contribution in [0.5, 0.6) is 5.75 Å². The summed E-state index contributed by atoms with van der Waals surface area (Å²) in [7, 11) is 0. The van der Waals surface area contributed by atoms with Crippen LogP contribution in [0, 0.1) is 17.0 Å². The molecule has 0 saturated heterocycles. The van der Waals surface area contributed by atoms with Crippen LogP contribution in [0.1, 0.15) is 12.5 Å². The van der Waals surface area contributed by atoms with Gasteiger partial charge in [-0.05, 0) is 19.4 Å². The molecule has 0 atom stereocenters. The maximum atomic E-state index is 10.6. The van der Waals surface area contributed by atoms with E-state index in [1.807, 2.05) is 0 Å². The molecule has 0 aromatic heterocycles. The van der Waals surface area contributed by atoms with Gasteiger partial charge in [-0.1, -0.05) is 17.7 Å². The number of hydrogen-bond acceptors (Lipinski definition) is 3. The molecule has 0 aliphatic heterocycles. The van der Waals surface area contributed by atoms with E-state index in [1.54, 1.807) is 19.9 Å². The Morgan fingerprint density at radius 1 is 1.57 bits per heavy atom. The summed E-state index contributed by atoms with van der Waals surface area (Å²) in [5.41, 5.74) is 0.670. The second kappa shape index (κ2) is 4.28. The lowest BCUT2D eigenvalue weighted by Crippen LogP contribution is -1.99. The molecule has 4 nitrogen and oxygen atoms in total. The molecule has 0 unspecified atom stereocenters. The molecule has 1 aromatic carbocycles. The molecule has 14 heavy (non-hydrogen) atoms. The Balaban J connectivity index is 3.29. The largest absolute Gasteiger partial charge is 0.486 e. The number of benzene rings is 1. The normalized spacial score (nSPS) is 9.93. The first-order valence-corrected chi connectivity index (χ1v) is 4.52. The second-order valence-electron chi connectivity index (χ2n) is 2.73. The highest BCUT2D eigenvalue weighted by Crippen LogP contribution is 2.36. The number of nitro groups is 1. The lowest BCUT2D eigenvalue weighted by atomic mass is 10.2. The molecule has 0 spiro atoms. The monoisotopic (exact) mass is 215 g/mol. The first-order valence-electron chi connectivity index (χ1n) is 4.14. The number of halogens is 1. The molecule has 0 amide bonds. The molecule has 0 aliphatic rings. The molecule has 0 saturated carbocycles. The van der Waals surface area contributed by atoms with Crippen LogP contribution in [0.2, 0.25) is 5.02 Å². The third kappa shape index (κ3) is 1.96. The molecular formula is C9H10ClNO3. The van der Waals surface area contributed by atoms with Crippen LogP contribution in [0.3, 0.4) is 0 Å². The molecule has 0 N–H and O–H groups in total. The molecule has 0 aliphatic carbocycles. The fourth-order valence-corrected chi connectivity index (χ4v) is 1.28. The summed E-state index contributed by atoms with van der Waals surface area (Å²) in [6.07, 6.45) is 0.